The van der Waals surface area contributed by atoms with E-state index in [2.05, 4.69) is 51.7 Å². The molecule has 3 rings (SSSR count). The van der Waals surface area contributed by atoms with Crippen LogP contribution in [-0.4, -0.2) is 27.5 Å². The van der Waals surface area contributed by atoms with Gasteiger partial charge in [-0.3, -0.25) is 5.10 Å². The van der Waals surface area contributed by atoms with Crippen LogP contribution in [0.4, 0.5) is 0 Å². The molecule has 5 heteroatoms. The number of benzene rings is 1. The number of hydrogen-bond donors (Lipinski definition) is 2. The number of aryl methyl sites for hydroxylation is 1. The molecule has 106 valence electrons. The van der Waals surface area contributed by atoms with E-state index < -0.39 is 0 Å². The molecule has 0 saturated carbocycles. The maximum Gasteiger partial charge on any atom is 0.208 e. The molecule has 3 atom stereocenters. The van der Waals surface area contributed by atoms with Crippen LogP contribution < -0.4 is 5.32 Å². The Kier molecular flexibility index (Phi) is 3.81. The van der Waals surface area contributed by atoms with Gasteiger partial charge in [0, 0.05) is 11.3 Å². The zero-order chi connectivity index (χ0) is 14.1. The van der Waals surface area contributed by atoms with Crippen LogP contribution in [0.25, 0.3) is 0 Å². The number of aromatic nitrogens is 3. The Bertz CT molecular complexity index is 595. The lowest BCUT2D eigenvalue weighted by Crippen LogP contribution is -2.33. The fraction of sp³-hybridized carbons (Fsp3) is 0.467. The first-order chi connectivity index (χ1) is 9.69. The molecule has 1 aromatic heterocycles. The van der Waals surface area contributed by atoms with E-state index in [1.54, 1.807) is 11.8 Å². The SMILES string of the molecule is CNC1c2ccccc2C(C)CC1Sc1n[nH]c(C)n1. The van der Waals surface area contributed by atoms with E-state index in [9.17, 15) is 0 Å². The normalized spacial score (nSPS) is 25.4. The molecule has 1 aliphatic carbocycles. The van der Waals surface area contributed by atoms with Crippen molar-refractivity contribution in [2.75, 3.05) is 7.05 Å². The smallest absolute Gasteiger partial charge is 0.208 e. The predicted octanol–water partition coefficient (Wildman–Crippen LogP) is 3.04. The number of aromatic amines is 1. The van der Waals surface area contributed by atoms with Gasteiger partial charge in [-0.25, -0.2) is 4.98 Å². The van der Waals surface area contributed by atoms with Gasteiger partial charge in [0.2, 0.25) is 5.16 Å². The summed E-state index contributed by atoms with van der Waals surface area (Å²) in [5, 5.41) is 12.0. The number of thioether (sulfide) groups is 1. The van der Waals surface area contributed by atoms with E-state index >= 15 is 0 Å². The lowest BCUT2D eigenvalue weighted by Gasteiger charge is -2.35. The van der Waals surface area contributed by atoms with E-state index in [0.717, 1.165) is 17.4 Å². The van der Waals surface area contributed by atoms with Crippen molar-refractivity contribution in [2.24, 2.45) is 0 Å². The molecular weight excluding hydrogens is 268 g/mol. The second-order valence-corrected chi connectivity index (χ2v) is 6.60. The molecule has 0 bridgehead atoms. The standard InChI is InChI=1S/C15H20N4S/c1-9-8-13(20-15-17-10(2)18-19-15)14(16-3)12-7-5-4-6-11(9)12/h4-7,9,13-14,16H,8H2,1-3H3,(H,17,18,19). The molecule has 0 amide bonds. The van der Waals surface area contributed by atoms with E-state index in [1.807, 2.05) is 14.0 Å². The number of nitrogens with zero attached hydrogens (tertiary/aromatic N) is 2. The summed E-state index contributed by atoms with van der Waals surface area (Å²) in [7, 11) is 2.04. The van der Waals surface area contributed by atoms with Gasteiger partial charge in [-0.05, 0) is 37.4 Å². The molecule has 0 radical (unpaired) electrons. The first kappa shape index (κ1) is 13.6. The van der Waals surface area contributed by atoms with Crippen LogP contribution in [0.3, 0.4) is 0 Å². The van der Waals surface area contributed by atoms with Crippen LogP contribution in [-0.2, 0) is 0 Å². The molecule has 1 aliphatic rings. The lowest BCUT2D eigenvalue weighted by atomic mass is 9.81. The van der Waals surface area contributed by atoms with Crippen molar-refractivity contribution in [3.63, 3.8) is 0 Å². The van der Waals surface area contributed by atoms with Gasteiger partial charge in [0.1, 0.15) is 5.82 Å². The minimum Gasteiger partial charge on any atom is -0.312 e. The minimum atomic E-state index is 0.353. The Hall–Kier alpha value is -1.33. The monoisotopic (exact) mass is 288 g/mol. The van der Waals surface area contributed by atoms with Crippen LogP contribution in [0, 0.1) is 6.92 Å². The Balaban J connectivity index is 1.89. The highest BCUT2D eigenvalue weighted by atomic mass is 32.2. The maximum absolute atomic E-state index is 4.42. The Morgan fingerprint density at radius 3 is 2.70 bits per heavy atom. The van der Waals surface area contributed by atoms with Gasteiger partial charge < -0.3 is 5.32 Å². The van der Waals surface area contributed by atoms with Crippen LogP contribution >= 0.6 is 11.8 Å². The molecule has 0 spiro atoms. The molecular formula is C15H20N4S. The van der Waals surface area contributed by atoms with Crippen molar-refractivity contribution in [3.8, 4) is 0 Å². The minimum absolute atomic E-state index is 0.353. The van der Waals surface area contributed by atoms with E-state index in [0.29, 0.717) is 17.2 Å². The number of nitrogens with one attached hydrogen (secondary N) is 2. The van der Waals surface area contributed by atoms with Crippen molar-refractivity contribution in [1.29, 1.82) is 0 Å². The van der Waals surface area contributed by atoms with Crippen molar-refractivity contribution in [3.05, 3.63) is 41.2 Å². The summed E-state index contributed by atoms with van der Waals surface area (Å²) in [4.78, 5) is 4.42. The summed E-state index contributed by atoms with van der Waals surface area (Å²) in [5.74, 6) is 1.45. The molecule has 20 heavy (non-hydrogen) atoms. The summed E-state index contributed by atoms with van der Waals surface area (Å²) >= 11 is 1.77. The highest BCUT2D eigenvalue weighted by Crippen LogP contribution is 2.43. The second kappa shape index (κ2) is 5.58. The molecule has 2 aromatic rings. The van der Waals surface area contributed by atoms with Gasteiger partial charge in [0.05, 0.1) is 0 Å². The molecule has 2 N–H and O–H groups in total. The highest BCUT2D eigenvalue weighted by Gasteiger charge is 2.33. The Morgan fingerprint density at radius 1 is 1.30 bits per heavy atom. The molecule has 0 fully saturated rings. The highest BCUT2D eigenvalue weighted by molar-refractivity contribution is 7.99. The fourth-order valence-corrected chi connectivity index (χ4v) is 4.38. The van der Waals surface area contributed by atoms with Gasteiger partial charge in [0.15, 0.2) is 0 Å². The van der Waals surface area contributed by atoms with Crippen LogP contribution in [0.1, 0.15) is 42.3 Å². The van der Waals surface area contributed by atoms with Crippen molar-refractivity contribution in [2.45, 2.75) is 42.6 Å². The fourth-order valence-electron chi connectivity index (χ4n) is 3.02. The van der Waals surface area contributed by atoms with Gasteiger partial charge in [-0.1, -0.05) is 43.0 Å². The number of hydrogen-bond acceptors (Lipinski definition) is 4. The molecule has 1 heterocycles. The summed E-state index contributed by atoms with van der Waals surface area (Å²) < 4.78 is 0. The van der Waals surface area contributed by atoms with Gasteiger partial charge in [-0.15, -0.1) is 5.10 Å². The number of H-pyrrole nitrogens is 1. The molecule has 0 aliphatic heterocycles. The van der Waals surface area contributed by atoms with Gasteiger partial charge >= 0.3 is 0 Å². The third-order valence-electron chi connectivity index (χ3n) is 3.96. The molecule has 4 nitrogen and oxygen atoms in total. The van der Waals surface area contributed by atoms with E-state index in [4.69, 9.17) is 0 Å². The largest absolute Gasteiger partial charge is 0.312 e. The number of fused-ring (bicyclic) bond motifs is 1. The predicted molar refractivity (Wildman–Crippen MR) is 82.0 cm³/mol. The first-order valence-electron chi connectivity index (χ1n) is 7.00. The van der Waals surface area contributed by atoms with Gasteiger partial charge in [-0.2, -0.15) is 0 Å². The Labute approximate surface area is 123 Å². The average molecular weight is 288 g/mol. The third-order valence-corrected chi connectivity index (χ3v) is 5.12. The summed E-state index contributed by atoms with van der Waals surface area (Å²) in [6, 6.07) is 9.10. The van der Waals surface area contributed by atoms with Gasteiger partial charge in [0.25, 0.3) is 0 Å². The maximum atomic E-state index is 4.42. The Morgan fingerprint density at radius 2 is 2.05 bits per heavy atom. The van der Waals surface area contributed by atoms with Crippen molar-refractivity contribution >= 4 is 11.8 Å². The van der Waals surface area contributed by atoms with Crippen LogP contribution in [0.5, 0.6) is 0 Å². The summed E-state index contributed by atoms with van der Waals surface area (Å²) in [5.41, 5.74) is 2.88. The average Bonchev–Trinajstić information content (AvgIpc) is 2.85. The van der Waals surface area contributed by atoms with Crippen molar-refractivity contribution < 1.29 is 0 Å². The molecule has 0 saturated heterocycles. The number of rotatable bonds is 3. The second-order valence-electron chi connectivity index (χ2n) is 5.39. The topological polar surface area (TPSA) is 53.6 Å². The lowest BCUT2D eigenvalue weighted by molar-refractivity contribution is 0.472. The summed E-state index contributed by atoms with van der Waals surface area (Å²) in [6.45, 7) is 4.24. The van der Waals surface area contributed by atoms with Crippen LogP contribution in [0.15, 0.2) is 29.4 Å². The van der Waals surface area contributed by atoms with E-state index in [-0.39, 0.29) is 0 Å². The summed E-state index contributed by atoms with van der Waals surface area (Å²) in [6.07, 6.45) is 1.14. The third kappa shape index (κ3) is 2.47. The molecule has 3 unspecified atom stereocenters. The van der Waals surface area contributed by atoms with Crippen LogP contribution in [0.2, 0.25) is 0 Å². The van der Waals surface area contributed by atoms with E-state index in [1.165, 1.54) is 11.1 Å². The zero-order valence-corrected chi connectivity index (χ0v) is 12.9. The molecule has 1 aromatic carbocycles. The van der Waals surface area contributed by atoms with Crippen molar-refractivity contribution in [1.82, 2.24) is 20.5 Å². The first-order valence-corrected chi connectivity index (χ1v) is 7.88. The quantitative estimate of drug-likeness (QED) is 0.911. The zero-order valence-electron chi connectivity index (χ0n) is 12.1.